The first-order valence-corrected chi connectivity index (χ1v) is 8.32. The van der Waals surface area contributed by atoms with Gasteiger partial charge >= 0.3 is 6.18 Å². The Morgan fingerprint density at radius 2 is 1.93 bits per heavy atom. The number of aliphatic imine (C=N–C) groups is 1. The molecule has 0 fully saturated rings. The highest BCUT2D eigenvalue weighted by Gasteiger charge is 2.28. The molecule has 0 aliphatic carbocycles. The lowest BCUT2D eigenvalue weighted by Gasteiger charge is -2.20. The summed E-state index contributed by atoms with van der Waals surface area (Å²) in [7, 11) is 3.02. The highest BCUT2D eigenvalue weighted by Crippen LogP contribution is 2.17. The van der Waals surface area contributed by atoms with Crippen LogP contribution in [-0.4, -0.2) is 63.4 Å². The van der Waals surface area contributed by atoms with Crippen molar-refractivity contribution in [1.29, 1.82) is 0 Å². The summed E-state index contributed by atoms with van der Waals surface area (Å²) in [5, 5.41) is 6.05. The molecule has 0 aromatic heterocycles. The van der Waals surface area contributed by atoms with Gasteiger partial charge in [0.05, 0.1) is 13.1 Å². The van der Waals surface area contributed by atoms with Gasteiger partial charge in [0.25, 0.3) is 0 Å². The molecule has 0 amide bonds. The minimum atomic E-state index is -4.19. The molecule has 0 aliphatic heterocycles. The van der Waals surface area contributed by atoms with Gasteiger partial charge in [0, 0.05) is 13.6 Å². The normalized spacial score (nSPS) is 13.1. The van der Waals surface area contributed by atoms with Gasteiger partial charge in [-0.25, -0.2) is 4.39 Å². The second-order valence-corrected chi connectivity index (χ2v) is 5.95. The third-order valence-electron chi connectivity index (χ3n) is 3.40. The van der Waals surface area contributed by atoms with Gasteiger partial charge in [-0.3, -0.25) is 9.89 Å². The average molecular weight is 506 g/mol. The maximum atomic E-state index is 13.5. The number of alkyl halides is 3. The van der Waals surface area contributed by atoms with Crippen LogP contribution >= 0.6 is 24.0 Å². The van der Waals surface area contributed by atoms with E-state index in [9.17, 15) is 17.6 Å². The topological polar surface area (TPSA) is 48.9 Å². The summed E-state index contributed by atoms with van der Waals surface area (Å²) in [6.07, 6.45) is -3.95. The average Bonchev–Trinajstić information content (AvgIpc) is 2.54. The number of nitrogens with one attached hydrogen (secondary N) is 2. The van der Waals surface area contributed by atoms with Gasteiger partial charge in [0.2, 0.25) is 0 Å². The number of benzene rings is 1. The zero-order chi connectivity index (χ0) is 19.6. The minimum absolute atomic E-state index is 0. The van der Waals surface area contributed by atoms with Crippen molar-refractivity contribution in [3.63, 3.8) is 0 Å². The summed E-state index contributed by atoms with van der Waals surface area (Å²) in [5.41, 5.74) is 0. The molecule has 0 bridgehead atoms. The van der Waals surface area contributed by atoms with Crippen LogP contribution in [0.25, 0.3) is 0 Å². The summed E-state index contributed by atoms with van der Waals surface area (Å²) >= 11 is 0. The number of hydrogen-bond acceptors (Lipinski definition) is 3. The summed E-state index contributed by atoms with van der Waals surface area (Å²) < 4.78 is 55.7. The molecule has 1 rings (SSSR count). The number of rotatable bonds is 9. The molecule has 10 heteroatoms. The summed E-state index contributed by atoms with van der Waals surface area (Å²) in [5.74, 6) is 0.259. The van der Waals surface area contributed by atoms with Crippen molar-refractivity contribution in [2.45, 2.75) is 25.6 Å². The van der Waals surface area contributed by atoms with Crippen LogP contribution in [0.15, 0.2) is 29.3 Å². The van der Waals surface area contributed by atoms with E-state index < -0.39 is 18.5 Å². The van der Waals surface area contributed by atoms with Gasteiger partial charge in [-0.1, -0.05) is 12.1 Å². The van der Waals surface area contributed by atoms with E-state index in [0.29, 0.717) is 32.0 Å². The van der Waals surface area contributed by atoms with Gasteiger partial charge in [-0.15, -0.1) is 24.0 Å². The Bertz CT molecular complexity index is 572. The van der Waals surface area contributed by atoms with Crippen LogP contribution in [0.1, 0.15) is 13.3 Å². The number of ether oxygens (including phenoxy) is 1. The van der Waals surface area contributed by atoms with Crippen molar-refractivity contribution < 1.29 is 22.3 Å². The highest BCUT2D eigenvalue weighted by atomic mass is 127. The molecule has 0 radical (unpaired) electrons. The molecule has 27 heavy (non-hydrogen) atoms. The Morgan fingerprint density at radius 1 is 1.26 bits per heavy atom. The monoisotopic (exact) mass is 506 g/mol. The Morgan fingerprint density at radius 3 is 2.52 bits per heavy atom. The van der Waals surface area contributed by atoms with Gasteiger partial charge in [0.1, 0.15) is 6.10 Å². The van der Waals surface area contributed by atoms with E-state index >= 15 is 0 Å². The summed E-state index contributed by atoms with van der Waals surface area (Å²) in [6, 6.07) is 6.15. The molecule has 1 aromatic rings. The fraction of sp³-hybridized carbons (Fsp3) is 0.588. The number of guanidine groups is 1. The van der Waals surface area contributed by atoms with Gasteiger partial charge in [-0.05, 0) is 39.1 Å². The number of halogens is 5. The second-order valence-electron chi connectivity index (χ2n) is 5.95. The fourth-order valence-electron chi connectivity index (χ4n) is 2.20. The van der Waals surface area contributed by atoms with E-state index in [1.807, 2.05) is 0 Å². The zero-order valence-electron chi connectivity index (χ0n) is 15.6. The predicted molar refractivity (Wildman–Crippen MR) is 109 cm³/mol. The third-order valence-corrected chi connectivity index (χ3v) is 3.40. The number of hydrogen-bond donors (Lipinski definition) is 2. The van der Waals surface area contributed by atoms with Crippen LogP contribution in [0.4, 0.5) is 17.6 Å². The van der Waals surface area contributed by atoms with Crippen molar-refractivity contribution in [2.75, 3.05) is 40.3 Å². The smallest absolute Gasteiger partial charge is 0.401 e. The Kier molecular flexibility index (Phi) is 12.4. The lowest BCUT2D eigenvalue weighted by molar-refractivity contribution is -0.143. The SMILES string of the molecule is CN=C(NCCCN(C)CC(F)(F)F)NCC(C)Oc1ccccc1F.I. The van der Waals surface area contributed by atoms with Crippen LogP contribution in [-0.2, 0) is 0 Å². The Labute approximate surface area is 174 Å². The van der Waals surface area contributed by atoms with Crippen LogP contribution in [0.5, 0.6) is 5.75 Å². The predicted octanol–water partition coefficient (Wildman–Crippen LogP) is 3.26. The van der Waals surface area contributed by atoms with Gasteiger partial charge in [-0.2, -0.15) is 13.2 Å². The van der Waals surface area contributed by atoms with Gasteiger partial charge in [0.15, 0.2) is 17.5 Å². The molecular weight excluding hydrogens is 479 g/mol. The molecule has 0 saturated carbocycles. The lowest BCUT2D eigenvalue weighted by Crippen LogP contribution is -2.42. The summed E-state index contributed by atoms with van der Waals surface area (Å²) in [4.78, 5) is 5.26. The zero-order valence-corrected chi connectivity index (χ0v) is 18.0. The molecule has 0 saturated heterocycles. The van der Waals surface area contributed by atoms with E-state index in [1.54, 1.807) is 32.2 Å². The number of para-hydroxylation sites is 1. The van der Waals surface area contributed by atoms with Crippen molar-refractivity contribution in [3.8, 4) is 5.75 Å². The molecule has 1 atom stereocenters. The second kappa shape index (κ2) is 13.0. The molecular formula is C17H27F4IN4O. The Balaban J connectivity index is 0.00000676. The first-order valence-electron chi connectivity index (χ1n) is 8.32. The van der Waals surface area contributed by atoms with E-state index in [4.69, 9.17) is 4.74 Å². The first-order chi connectivity index (χ1) is 12.2. The maximum Gasteiger partial charge on any atom is 0.401 e. The molecule has 1 unspecified atom stereocenters. The lowest BCUT2D eigenvalue weighted by atomic mass is 10.3. The van der Waals surface area contributed by atoms with Crippen LogP contribution < -0.4 is 15.4 Å². The van der Waals surface area contributed by atoms with E-state index in [-0.39, 0.29) is 35.8 Å². The van der Waals surface area contributed by atoms with Crippen molar-refractivity contribution >= 4 is 29.9 Å². The van der Waals surface area contributed by atoms with Crippen LogP contribution in [0.2, 0.25) is 0 Å². The Hall–Kier alpha value is -1.30. The molecule has 2 N–H and O–H groups in total. The molecule has 0 aliphatic rings. The van der Waals surface area contributed by atoms with Gasteiger partial charge < -0.3 is 15.4 Å². The van der Waals surface area contributed by atoms with Crippen molar-refractivity contribution in [2.24, 2.45) is 4.99 Å². The van der Waals surface area contributed by atoms with E-state index in [0.717, 1.165) is 0 Å². The van der Waals surface area contributed by atoms with Crippen LogP contribution in [0.3, 0.4) is 0 Å². The summed E-state index contributed by atoms with van der Waals surface area (Å²) in [6.45, 7) is 2.05. The van der Waals surface area contributed by atoms with Crippen molar-refractivity contribution in [1.82, 2.24) is 15.5 Å². The molecule has 156 valence electrons. The standard InChI is InChI=1S/C17H26F4N4O.HI/c1-13(26-15-8-5-4-7-14(15)18)11-24-16(22-2)23-9-6-10-25(3)12-17(19,20)21;/h4-5,7-8,13H,6,9-12H2,1-3H3,(H2,22,23,24);1H. The van der Waals surface area contributed by atoms with Crippen LogP contribution in [0, 0.1) is 5.82 Å². The largest absolute Gasteiger partial charge is 0.486 e. The maximum absolute atomic E-state index is 13.5. The minimum Gasteiger partial charge on any atom is -0.486 e. The molecule has 0 heterocycles. The molecule has 0 spiro atoms. The molecule has 1 aromatic carbocycles. The van der Waals surface area contributed by atoms with Crippen molar-refractivity contribution in [3.05, 3.63) is 30.1 Å². The fourth-order valence-corrected chi connectivity index (χ4v) is 2.20. The quantitative estimate of drug-likeness (QED) is 0.178. The third kappa shape index (κ3) is 11.9. The molecule has 5 nitrogen and oxygen atoms in total. The number of nitrogens with zero attached hydrogens (tertiary/aromatic N) is 2. The first kappa shape index (κ1) is 25.7. The highest BCUT2D eigenvalue weighted by molar-refractivity contribution is 14.0. The van der Waals surface area contributed by atoms with E-state index in [1.165, 1.54) is 18.0 Å². The van der Waals surface area contributed by atoms with E-state index in [2.05, 4.69) is 15.6 Å².